The summed E-state index contributed by atoms with van der Waals surface area (Å²) >= 11 is 0. The maximum Gasteiger partial charge on any atom is 0.414 e. The highest BCUT2D eigenvalue weighted by molar-refractivity contribution is 5.92. The smallest absolute Gasteiger partial charge is 0.414 e. The molecule has 0 atom stereocenters. The summed E-state index contributed by atoms with van der Waals surface area (Å²) in [6.07, 6.45) is -0.477. The molecule has 81 valence electrons. The molecule has 2 aromatic rings. The first-order valence-corrected chi connectivity index (χ1v) is 4.91. The van der Waals surface area contributed by atoms with Crippen LogP contribution in [-0.2, 0) is 4.74 Å². The molecule has 0 saturated heterocycles. The molecular formula is C13H12NO2. The number of carbonyl (C=O) groups excluding carboxylic acids is 1. The standard InChI is InChI=1S/C13H12NO2/c1-14(13(15)16-2)12-8-7-10-5-3-4-6-11(10)9-12/h3-9H,2H2,1H3. The van der Waals surface area contributed by atoms with Gasteiger partial charge >= 0.3 is 6.09 Å². The van der Waals surface area contributed by atoms with Crippen molar-refractivity contribution in [3.05, 3.63) is 49.6 Å². The normalized spacial score (nSPS) is 10.1. The highest BCUT2D eigenvalue weighted by Gasteiger charge is 2.10. The van der Waals surface area contributed by atoms with E-state index < -0.39 is 6.09 Å². The van der Waals surface area contributed by atoms with Crippen LogP contribution < -0.4 is 4.90 Å². The number of ether oxygens (including phenoxy) is 1. The summed E-state index contributed by atoms with van der Waals surface area (Å²) in [4.78, 5) is 12.7. The van der Waals surface area contributed by atoms with Crippen LogP contribution in [0.25, 0.3) is 10.8 Å². The van der Waals surface area contributed by atoms with Gasteiger partial charge < -0.3 is 4.74 Å². The Morgan fingerprint density at radius 1 is 1.19 bits per heavy atom. The predicted molar refractivity (Wildman–Crippen MR) is 64.2 cm³/mol. The van der Waals surface area contributed by atoms with Crippen molar-refractivity contribution in [3.8, 4) is 0 Å². The molecule has 3 nitrogen and oxygen atoms in total. The van der Waals surface area contributed by atoms with Gasteiger partial charge in [-0.05, 0) is 22.9 Å². The molecule has 0 aliphatic carbocycles. The quantitative estimate of drug-likeness (QED) is 0.729. The van der Waals surface area contributed by atoms with Gasteiger partial charge in [-0.3, -0.25) is 4.90 Å². The van der Waals surface area contributed by atoms with E-state index >= 15 is 0 Å². The van der Waals surface area contributed by atoms with Crippen molar-refractivity contribution in [2.75, 3.05) is 11.9 Å². The van der Waals surface area contributed by atoms with Crippen molar-refractivity contribution < 1.29 is 9.53 Å². The van der Waals surface area contributed by atoms with Crippen LogP contribution in [0.5, 0.6) is 0 Å². The Kier molecular flexibility index (Phi) is 2.77. The maximum atomic E-state index is 11.3. The number of anilines is 1. The molecule has 1 amide bonds. The Morgan fingerprint density at radius 2 is 1.88 bits per heavy atom. The fraction of sp³-hybridized carbons (Fsp3) is 0.0769. The molecule has 0 fully saturated rings. The molecule has 0 N–H and O–H groups in total. The van der Waals surface area contributed by atoms with E-state index in [0.29, 0.717) is 0 Å². The summed E-state index contributed by atoms with van der Waals surface area (Å²) in [6, 6.07) is 13.8. The van der Waals surface area contributed by atoms with Gasteiger partial charge in [0.05, 0.1) is 0 Å². The van der Waals surface area contributed by atoms with Gasteiger partial charge in [-0.15, -0.1) is 0 Å². The first-order valence-electron chi connectivity index (χ1n) is 4.91. The number of hydrogen-bond acceptors (Lipinski definition) is 2. The number of carbonyl (C=O) groups is 1. The van der Waals surface area contributed by atoms with E-state index in [1.54, 1.807) is 7.05 Å². The zero-order chi connectivity index (χ0) is 11.5. The third-order valence-electron chi connectivity index (χ3n) is 2.52. The topological polar surface area (TPSA) is 29.5 Å². The largest absolute Gasteiger partial charge is 0.446 e. The fourth-order valence-corrected chi connectivity index (χ4v) is 1.59. The van der Waals surface area contributed by atoms with Crippen molar-refractivity contribution >= 4 is 22.6 Å². The molecule has 0 heterocycles. The average molecular weight is 214 g/mol. The Hall–Kier alpha value is -2.03. The number of amides is 1. The van der Waals surface area contributed by atoms with Crippen LogP contribution >= 0.6 is 0 Å². The van der Waals surface area contributed by atoms with Gasteiger partial charge in [0.15, 0.2) is 0 Å². The van der Waals surface area contributed by atoms with E-state index in [1.807, 2.05) is 42.5 Å². The van der Waals surface area contributed by atoms with E-state index in [1.165, 1.54) is 4.90 Å². The van der Waals surface area contributed by atoms with Crippen LogP contribution in [0.4, 0.5) is 10.5 Å². The van der Waals surface area contributed by atoms with Crippen LogP contribution in [-0.4, -0.2) is 13.1 Å². The third kappa shape index (κ3) is 1.84. The lowest BCUT2D eigenvalue weighted by atomic mass is 10.1. The van der Waals surface area contributed by atoms with Gasteiger partial charge in [0, 0.05) is 12.7 Å². The molecule has 0 aliphatic rings. The van der Waals surface area contributed by atoms with Gasteiger partial charge in [0.1, 0.15) is 7.11 Å². The summed E-state index contributed by atoms with van der Waals surface area (Å²) < 4.78 is 4.42. The van der Waals surface area contributed by atoms with Crippen molar-refractivity contribution in [2.24, 2.45) is 0 Å². The van der Waals surface area contributed by atoms with Gasteiger partial charge in [0.25, 0.3) is 0 Å². The number of fused-ring (bicyclic) bond motifs is 1. The minimum atomic E-state index is -0.477. The number of nitrogens with zero attached hydrogens (tertiary/aromatic N) is 1. The SMILES string of the molecule is [CH2]OC(=O)N(C)c1ccc2ccccc2c1. The lowest BCUT2D eigenvalue weighted by Crippen LogP contribution is -2.25. The van der Waals surface area contributed by atoms with Crippen molar-refractivity contribution in [1.29, 1.82) is 0 Å². The molecule has 0 spiro atoms. The average Bonchev–Trinajstić information content (AvgIpc) is 2.36. The fourth-order valence-electron chi connectivity index (χ4n) is 1.59. The number of rotatable bonds is 1. The Balaban J connectivity index is 2.43. The highest BCUT2D eigenvalue weighted by atomic mass is 16.5. The van der Waals surface area contributed by atoms with E-state index in [2.05, 4.69) is 11.8 Å². The number of benzene rings is 2. The molecule has 1 radical (unpaired) electrons. The minimum Gasteiger partial charge on any atom is -0.446 e. The molecule has 0 aromatic heterocycles. The Bertz CT molecular complexity index is 522. The van der Waals surface area contributed by atoms with E-state index in [-0.39, 0.29) is 0 Å². The lowest BCUT2D eigenvalue weighted by Gasteiger charge is -2.15. The van der Waals surface area contributed by atoms with Crippen LogP contribution in [0.2, 0.25) is 0 Å². The molecule has 2 rings (SSSR count). The Labute approximate surface area is 94.2 Å². The van der Waals surface area contributed by atoms with Gasteiger partial charge in [-0.2, -0.15) is 0 Å². The molecule has 0 saturated carbocycles. The second kappa shape index (κ2) is 4.23. The van der Waals surface area contributed by atoms with Gasteiger partial charge in [-0.25, -0.2) is 4.79 Å². The molecule has 0 aliphatic heterocycles. The summed E-state index contributed by atoms with van der Waals surface area (Å²) in [5.41, 5.74) is 0.785. The first-order chi connectivity index (χ1) is 7.72. The molecule has 0 bridgehead atoms. The lowest BCUT2D eigenvalue weighted by molar-refractivity contribution is 0.192. The van der Waals surface area contributed by atoms with Gasteiger partial charge in [0.2, 0.25) is 0 Å². The minimum absolute atomic E-state index is 0.477. The van der Waals surface area contributed by atoms with Gasteiger partial charge in [-0.1, -0.05) is 30.3 Å². The van der Waals surface area contributed by atoms with E-state index in [0.717, 1.165) is 16.5 Å². The Morgan fingerprint density at radius 3 is 2.56 bits per heavy atom. The second-order valence-electron chi connectivity index (χ2n) is 3.50. The van der Waals surface area contributed by atoms with Crippen LogP contribution in [0.3, 0.4) is 0 Å². The predicted octanol–water partition coefficient (Wildman–Crippen LogP) is 3.20. The maximum absolute atomic E-state index is 11.3. The van der Waals surface area contributed by atoms with E-state index in [9.17, 15) is 4.79 Å². The molecule has 0 unspecified atom stereocenters. The monoisotopic (exact) mass is 214 g/mol. The third-order valence-corrected chi connectivity index (χ3v) is 2.52. The van der Waals surface area contributed by atoms with E-state index in [4.69, 9.17) is 0 Å². The van der Waals surface area contributed by atoms with Crippen molar-refractivity contribution in [2.45, 2.75) is 0 Å². The van der Waals surface area contributed by atoms with Crippen LogP contribution in [0, 0.1) is 7.11 Å². The zero-order valence-electron chi connectivity index (χ0n) is 9.01. The molecule has 16 heavy (non-hydrogen) atoms. The second-order valence-corrected chi connectivity index (χ2v) is 3.50. The highest BCUT2D eigenvalue weighted by Crippen LogP contribution is 2.21. The molecule has 2 aromatic carbocycles. The van der Waals surface area contributed by atoms with Crippen molar-refractivity contribution in [3.63, 3.8) is 0 Å². The summed E-state index contributed by atoms with van der Waals surface area (Å²) in [7, 11) is 4.75. The van der Waals surface area contributed by atoms with Crippen LogP contribution in [0.15, 0.2) is 42.5 Å². The molecule has 3 heteroatoms. The first kappa shape index (κ1) is 10.5. The molecular weight excluding hydrogens is 202 g/mol. The summed E-state index contributed by atoms with van der Waals surface area (Å²) in [5.74, 6) is 0. The van der Waals surface area contributed by atoms with Crippen LogP contribution in [0.1, 0.15) is 0 Å². The zero-order valence-corrected chi connectivity index (χ0v) is 9.01. The number of hydrogen-bond donors (Lipinski definition) is 0. The summed E-state index contributed by atoms with van der Waals surface area (Å²) in [6.45, 7) is 0. The summed E-state index contributed by atoms with van der Waals surface area (Å²) in [5, 5.41) is 2.23. The van der Waals surface area contributed by atoms with Crippen molar-refractivity contribution in [1.82, 2.24) is 0 Å².